The standard InChI is InChI=1S/C15H19FN6O8/c1-28-9(24)5-7(13(26)29-2)18-8-3-4-22(14(27)19-8)12-10(16)11(25)15(6-23,30-12)20-21-17/h3-4,7,10-12,23,25H,5-6H2,1-2H3,(H,18,19,27)/t7-,10-,11?,12?,15+/m0/s1. The molecule has 0 saturated carbocycles. The van der Waals surface area contributed by atoms with Crippen LogP contribution in [-0.2, 0) is 23.8 Å². The molecule has 30 heavy (non-hydrogen) atoms. The third-order valence-electron chi connectivity index (χ3n) is 4.31. The lowest BCUT2D eigenvalue weighted by molar-refractivity contribution is -0.148. The zero-order chi connectivity index (χ0) is 22.5. The number of azide groups is 1. The number of hydrogen-bond acceptors (Lipinski definition) is 11. The Balaban J connectivity index is 2.28. The predicted octanol–water partition coefficient (Wildman–Crippen LogP) is -1.01. The summed E-state index contributed by atoms with van der Waals surface area (Å²) < 4.78 is 29.4. The summed E-state index contributed by atoms with van der Waals surface area (Å²) in [7, 11) is 2.23. The van der Waals surface area contributed by atoms with E-state index in [9.17, 15) is 29.0 Å². The van der Waals surface area contributed by atoms with Crippen molar-refractivity contribution in [1.82, 2.24) is 9.55 Å². The lowest BCUT2D eigenvalue weighted by Gasteiger charge is -2.23. The number of methoxy groups -OCH3 is 2. The van der Waals surface area contributed by atoms with Crippen molar-refractivity contribution in [3.63, 3.8) is 0 Å². The number of aromatic nitrogens is 2. The number of aliphatic hydroxyl groups is 2. The zero-order valence-electron chi connectivity index (χ0n) is 15.8. The maximum absolute atomic E-state index is 14.5. The molecule has 14 nitrogen and oxygen atoms in total. The van der Waals surface area contributed by atoms with Crippen LogP contribution in [0.2, 0.25) is 0 Å². The fourth-order valence-corrected chi connectivity index (χ4v) is 2.73. The van der Waals surface area contributed by atoms with E-state index in [1.54, 1.807) is 0 Å². The van der Waals surface area contributed by atoms with Gasteiger partial charge in [0.25, 0.3) is 0 Å². The summed E-state index contributed by atoms with van der Waals surface area (Å²) in [5, 5.41) is 25.0. The average Bonchev–Trinajstić information content (AvgIpc) is 2.98. The van der Waals surface area contributed by atoms with Gasteiger partial charge in [0.2, 0.25) is 5.72 Å². The van der Waals surface area contributed by atoms with Crippen LogP contribution >= 0.6 is 0 Å². The van der Waals surface area contributed by atoms with Crippen LogP contribution in [-0.4, -0.2) is 76.6 Å². The Kier molecular flexibility index (Phi) is 7.28. The summed E-state index contributed by atoms with van der Waals surface area (Å²) >= 11 is 0. The quantitative estimate of drug-likeness (QED) is 0.199. The number of esters is 2. The molecule has 1 aliphatic rings. The van der Waals surface area contributed by atoms with E-state index in [1.807, 2.05) is 0 Å². The van der Waals surface area contributed by atoms with Crippen molar-refractivity contribution in [2.24, 2.45) is 5.11 Å². The van der Waals surface area contributed by atoms with Crippen LogP contribution in [0.25, 0.3) is 10.4 Å². The Morgan fingerprint density at radius 1 is 1.53 bits per heavy atom. The monoisotopic (exact) mass is 430 g/mol. The van der Waals surface area contributed by atoms with E-state index in [0.29, 0.717) is 4.57 Å². The fraction of sp³-hybridized carbons (Fsp3) is 0.600. The number of nitrogens with zero attached hydrogens (tertiary/aromatic N) is 5. The van der Waals surface area contributed by atoms with E-state index in [2.05, 4.69) is 29.8 Å². The van der Waals surface area contributed by atoms with E-state index < -0.39 is 60.9 Å². The molecule has 1 saturated heterocycles. The molecule has 0 aromatic carbocycles. The first kappa shape index (κ1) is 23.0. The highest BCUT2D eigenvalue weighted by Gasteiger charge is 2.56. The Morgan fingerprint density at radius 3 is 2.77 bits per heavy atom. The summed E-state index contributed by atoms with van der Waals surface area (Å²) in [5.74, 6) is -1.69. The first-order valence-corrected chi connectivity index (χ1v) is 8.40. The van der Waals surface area contributed by atoms with E-state index in [-0.39, 0.29) is 5.82 Å². The Labute approximate surface area is 167 Å². The summed E-state index contributed by atoms with van der Waals surface area (Å²) in [5.41, 5.74) is 5.21. The van der Waals surface area contributed by atoms with Gasteiger partial charge in [0.15, 0.2) is 12.4 Å². The maximum atomic E-state index is 14.5. The second kappa shape index (κ2) is 9.49. The van der Waals surface area contributed by atoms with Crippen molar-refractivity contribution in [2.75, 3.05) is 26.1 Å². The average molecular weight is 430 g/mol. The third-order valence-corrected chi connectivity index (χ3v) is 4.31. The van der Waals surface area contributed by atoms with Gasteiger partial charge in [-0.1, -0.05) is 5.11 Å². The first-order chi connectivity index (χ1) is 14.2. The van der Waals surface area contributed by atoms with E-state index in [0.717, 1.165) is 20.4 Å². The maximum Gasteiger partial charge on any atom is 0.351 e. The molecule has 2 rings (SSSR count). The highest BCUT2D eigenvalue weighted by atomic mass is 19.1. The highest BCUT2D eigenvalue weighted by Crippen LogP contribution is 2.39. The molecular weight excluding hydrogens is 411 g/mol. The van der Waals surface area contributed by atoms with Crippen molar-refractivity contribution in [2.45, 2.75) is 36.7 Å². The molecule has 1 aliphatic heterocycles. The van der Waals surface area contributed by atoms with Crippen LogP contribution in [0.4, 0.5) is 10.2 Å². The van der Waals surface area contributed by atoms with Gasteiger partial charge in [-0.3, -0.25) is 9.36 Å². The lowest BCUT2D eigenvalue weighted by Crippen LogP contribution is -2.43. The van der Waals surface area contributed by atoms with Crippen molar-refractivity contribution in [1.29, 1.82) is 0 Å². The third kappa shape index (κ3) is 4.49. The van der Waals surface area contributed by atoms with Gasteiger partial charge in [-0.05, 0) is 11.6 Å². The number of anilines is 1. The number of halogens is 1. The highest BCUT2D eigenvalue weighted by molar-refractivity contribution is 5.84. The molecule has 0 spiro atoms. The number of alkyl halides is 1. The number of rotatable bonds is 8. The van der Waals surface area contributed by atoms with E-state index >= 15 is 0 Å². The van der Waals surface area contributed by atoms with Crippen LogP contribution in [0, 0.1) is 0 Å². The normalized spacial score (nSPS) is 26.4. The Hall–Kier alpha value is -3.26. The van der Waals surface area contributed by atoms with Crippen LogP contribution in [0.5, 0.6) is 0 Å². The number of hydrogen-bond donors (Lipinski definition) is 3. The Bertz CT molecular complexity index is 905. The minimum absolute atomic E-state index is 0.145. The molecule has 5 atom stereocenters. The van der Waals surface area contributed by atoms with Crippen molar-refractivity contribution < 1.29 is 38.4 Å². The number of ether oxygens (including phenoxy) is 3. The molecule has 1 aromatic heterocycles. The smallest absolute Gasteiger partial charge is 0.351 e. The fourth-order valence-electron chi connectivity index (χ4n) is 2.73. The second-order valence-corrected chi connectivity index (χ2v) is 6.09. The van der Waals surface area contributed by atoms with Gasteiger partial charge in [0.05, 0.1) is 27.2 Å². The first-order valence-electron chi connectivity index (χ1n) is 8.40. The van der Waals surface area contributed by atoms with Gasteiger partial charge in [0, 0.05) is 11.1 Å². The van der Waals surface area contributed by atoms with E-state index in [1.165, 1.54) is 6.07 Å². The SMILES string of the molecule is COC(=O)C[C@H](Nc1ccn(C2O[C@@](CO)(N=[N+]=[N-])C(O)[C@@H]2F)c(=O)n1)C(=O)OC. The lowest BCUT2D eigenvalue weighted by atomic mass is 10.1. The van der Waals surface area contributed by atoms with Crippen molar-refractivity contribution >= 4 is 17.8 Å². The molecule has 0 radical (unpaired) electrons. The summed E-state index contributed by atoms with van der Waals surface area (Å²) in [6, 6.07) is -0.0421. The molecule has 2 heterocycles. The van der Waals surface area contributed by atoms with Gasteiger partial charge in [0.1, 0.15) is 18.0 Å². The molecule has 15 heteroatoms. The molecule has 2 unspecified atom stereocenters. The number of aliphatic hydroxyl groups excluding tert-OH is 2. The van der Waals surface area contributed by atoms with Crippen LogP contribution in [0.15, 0.2) is 22.2 Å². The van der Waals surface area contributed by atoms with Gasteiger partial charge >= 0.3 is 17.6 Å². The minimum atomic E-state index is -2.31. The van der Waals surface area contributed by atoms with Crippen molar-refractivity contribution in [3.8, 4) is 0 Å². The molecule has 1 fully saturated rings. The van der Waals surface area contributed by atoms with Gasteiger partial charge in [-0.2, -0.15) is 4.98 Å². The number of carbonyl (C=O) groups is 2. The minimum Gasteiger partial charge on any atom is -0.469 e. The van der Waals surface area contributed by atoms with Gasteiger partial charge in [-0.25, -0.2) is 14.0 Å². The number of nitrogens with one attached hydrogen (secondary N) is 1. The summed E-state index contributed by atoms with van der Waals surface area (Å²) in [6.45, 7) is -1.04. The van der Waals surface area contributed by atoms with Gasteiger partial charge in [-0.15, -0.1) is 0 Å². The largest absolute Gasteiger partial charge is 0.469 e. The zero-order valence-corrected chi connectivity index (χ0v) is 15.8. The molecule has 164 valence electrons. The van der Waals surface area contributed by atoms with Crippen LogP contribution in [0.1, 0.15) is 12.6 Å². The number of carbonyl (C=O) groups excluding carboxylic acids is 2. The summed E-state index contributed by atoms with van der Waals surface area (Å²) in [4.78, 5) is 41.6. The molecule has 0 aliphatic carbocycles. The topological polar surface area (TPSA) is 198 Å². The summed E-state index contributed by atoms with van der Waals surface area (Å²) in [6.07, 6.45) is -5.40. The molecule has 0 amide bonds. The molecular formula is C15H19FN6O8. The molecule has 3 N–H and O–H groups in total. The van der Waals surface area contributed by atoms with Crippen molar-refractivity contribution in [3.05, 3.63) is 33.2 Å². The second-order valence-electron chi connectivity index (χ2n) is 6.09. The predicted molar refractivity (Wildman–Crippen MR) is 94.5 cm³/mol. The van der Waals surface area contributed by atoms with Gasteiger partial charge < -0.3 is 29.7 Å². The van der Waals surface area contributed by atoms with E-state index in [4.69, 9.17) is 10.3 Å². The van der Waals surface area contributed by atoms with Crippen LogP contribution < -0.4 is 11.0 Å². The Morgan fingerprint density at radius 2 is 2.23 bits per heavy atom. The molecule has 0 bridgehead atoms. The molecule has 1 aromatic rings. The van der Waals surface area contributed by atoms with Crippen LogP contribution in [0.3, 0.4) is 0 Å².